The van der Waals surface area contributed by atoms with Gasteiger partial charge in [-0.3, -0.25) is 9.36 Å². The average molecular weight is 297 g/mol. The topological polar surface area (TPSA) is 101 Å². The molecule has 1 saturated heterocycles. The lowest BCUT2D eigenvalue weighted by molar-refractivity contribution is 0.0936. The molecule has 0 spiro atoms. The van der Waals surface area contributed by atoms with E-state index in [0.717, 1.165) is 19.5 Å². The van der Waals surface area contributed by atoms with Gasteiger partial charge in [-0.15, -0.1) is 0 Å². The van der Waals surface area contributed by atoms with Crippen LogP contribution in [0.1, 0.15) is 16.9 Å². The number of rotatable bonds is 3. The van der Waals surface area contributed by atoms with Crippen LogP contribution >= 0.6 is 0 Å². The molecule has 4 heterocycles. The minimum absolute atomic E-state index is 0.143. The van der Waals surface area contributed by atoms with E-state index < -0.39 is 0 Å². The van der Waals surface area contributed by atoms with Gasteiger partial charge < -0.3 is 15.6 Å². The van der Waals surface area contributed by atoms with Gasteiger partial charge in [0.2, 0.25) is 5.95 Å². The van der Waals surface area contributed by atoms with E-state index >= 15 is 0 Å². The second-order valence-electron chi connectivity index (χ2n) is 5.24. The number of hydrogen-bond acceptors (Lipinski definition) is 5. The first-order valence-corrected chi connectivity index (χ1v) is 7.16. The van der Waals surface area contributed by atoms with Crippen LogP contribution in [0.4, 0.5) is 0 Å². The van der Waals surface area contributed by atoms with E-state index in [1.54, 1.807) is 29.5 Å². The quantitative estimate of drug-likeness (QED) is 0.643. The molecule has 0 radical (unpaired) electrons. The van der Waals surface area contributed by atoms with Gasteiger partial charge in [-0.1, -0.05) is 0 Å². The smallest absolute Gasteiger partial charge is 0.272 e. The number of nitrogens with one attached hydrogen (secondary N) is 3. The molecule has 1 amide bonds. The van der Waals surface area contributed by atoms with Gasteiger partial charge in [0.25, 0.3) is 5.91 Å². The third kappa shape index (κ3) is 2.23. The zero-order chi connectivity index (χ0) is 14.9. The van der Waals surface area contributed by atoms with Crippen LogP contribution in [0.3, 0.4) is 0 Å². The van der Waals surface area contributed by atoms with E-state index in [2.05, 4.69) is 30.6 Å². The molecule has 1 unspecified atom stereocenters. The van der Waals surface area contributed by atoms with Crippen LogP contribution in [0.2, 0.25) is 0 Å². The summed E-state index contributed by atoms with van der Waals surface area (Å²) in [6, 6.07) is 1.97. The Morgan fingerprint density at radius 1 is 1.41 bits per heavy atom. The second kappa shape index (κ2) is 5.23. The van der Waals surface area contributed by atoms with Gasteiger partial charge in [0, 0.05) is 31.2 Å². The van der Waals surface area contributed by atoms with Gasteiger partial charge in [-0.2, -0.15) is 0 Å². The molecule has 3 aromatic rings. The molecule has 1 atom stereocenters. The van der Waals surface area contributed by atoms with Crippen molar-refractivity contribution < 1.29 is 4.79 Å². The molecular formula is C14H15N7O. The van der Waals surface area contributed by atoms with E-state index in [9.17, 15) is 4.79 Å². The molecular weight excluding hydrogens is 282 g/mol. The molecule has 8 heteroatoms. The summed E-state index contributed by atoms with van der Waals surface area (Å²) >= 11 is 0. The number of aromatic nitrogens is 5. The average Bonchev–Trinajstić information content (AvgIpc) is 3.27. The molecule has 1 aliphatic rings. The van der Waals surface area contributed by atoms with Crippen molar-refractivity contribution in [2.45, 2.75) is 12.5 Å². The highest BCUT2D eigenvalue weighted by Gasteiger charge is 2.21. The molecule has 1 aliphatic heterocycles. The highest BCUT2D eigenvalue weighted by atomic mass is 16.2. The fourth-order valence-corrected chi connectivity index (χ4v) is 2.62. The van der Waals surface area contributed by atoms with Crippen molar-refractivity contribution in [3.05, 3.63) is 36.7 Å². The number of carbonyl (C=O) groups excluding carboxylic acids is 1. The largest absolute Gasteiger partial charge is 0.358 e. The Hall–Kier alpha value is -2.74. The van der Waals surface area contributed by atoms with Crippen LogP contribution in [0.5, 0.6) is 0 Å². The van der Waals surface area contributed by atoms with Crippen molar-refractivity contribution in [1.82, 2.24) is 35.1 Å². The van der Waals surface area contributed by atoms with E-state index in [1.807, 2.05) is 6.07 Å². The first-order chi connectivity index (χ1) is 10.8. The van der Waals surface area contributed by atoms with Gasteiger partial charge in [0.15, 0.2) is 5.69 Å². The van der Waals surface area contributed by atoms with E-state index in [4.69, 9.17) is 0 Å². The maximum Gasteiger partial charge on any atom is 0.272 e. The number of imidazole rings is 1. The van der Waals surface area contributed by atoms with Crippen molar-refractivity contribution in [3.8, 4) is 5.95 Å². The van der Waals surface area contributed by atoms with Gasteiger partial charge >= 0.3 is 0 Å². The molecule has 0 aromatic carbocycles. The minimum Gasteiger partial charge on any atom is -0.358 e. The monoisotopic (exact) mass is 297 g/mol. The number of carbonyl (C=O) groups is 1. The molecule has 112 valence electrons. The predicted octanol–water partition coefficient (Wildman–Crippen LogP) is 0.235. The number of nitrogens with zero attached hydrogens (tertiary/aromatic N) is 4. The number of amides is 1. The van der Waals surface area contributed by atoms with Crippen molar-refractivity contribution in [2.24, 2.45) is 0 Å². The first kappa shape index (κ1) is 13.0. The van der Waals surface area contributed by atoms with Gasteiger partial charge in [-0.05, 0) is 19.0 Å². The summed E-state index contributed by atoms with van der Waals surface area (Å²) in [5.74, 6) is 0.240. The van der Waals surface area contributed by atoms with E-state index in [-0.39, 0.29) is 11.9 Å². The Kier molecular flexibility index (Phi) is 3.08. The van der Waals surface area contributed by atoms with Crippen LogP contribution in [-0.4, -0.2) is 49.5 Å². The number of fused-ring (bicyclic) bond motifs is 1. The van der Waals surface area contributed by atoms with E-state index in [0.29, 0.717) is 22.7 Å². The Morgan fingerprint density at radius 2 is 2.36 bits per heavy atom. The SMILES string of the molecule is O=C(NC1CCNC1)c1nc(-n2ccnc2)nc2cc[nH]c12. The van der Waals surface area contributed by atoms with E-state index in [1.165, 1.54) is 0 Å². The van der Waals surface area contributed by atoms with Gasteiger partial charge in [0.1, 0.15) is 6.33 Å². The molecule has 0 bridgehead atoms. The second-order valence-corrected chi connectivity index (χ2v) is 5.24. The molecule has 0 aliphatic carbocycles. The summed E-state index contributed by atoms with van der Waals surface area (Å²) in [5.41, 5.74) is 1.70. The molecule has 1 fully saturated rings. The molecule has 8 nitrogen and oxygen atoms in total. The molecule has 3 aromatic heterocycles. The van der Waals surface area contributed by atoms with Crippen LogP contribution in [0, 0.1) is 0 Å². The summed E-state index contributed by atoms with van der Waals surface area (Å²) in [5, 5.41) is 6.24. The van der Waals surface area contributed by atoms with Crippen molar-refractivity contribution in [2.75, 3.05) is 13.1 Å². The fraction of sp³-hybridized carbons (Fsp3) is 0.286. The Morgan fingerprint density at radius 3 is 3.14 bits per heavy atom. The van der Waals surface area contributed by atoms with Crippen molar-refractivity contribution in [1.29, 1.82) is 0 Å². The van der Waals surface area contributed by atoms with Gasteiger partial charge in [0.05, 0.1) is 11.0 Å². The number of H-pyrrole nitrogens is 1. The van der Waals surface area contributed by atoms with Crippen molar-refractivity contribution >= 4 is 16.9 Å². The van der Waals surface area contributed by atoms with Crippen LogP contribution in [-0.2, 0) is 0 Å². The third-order valence-corrected chi connectivity index (χ3v) is 3.74. The highest BCUT2D eigenvalue weighted by molar-refractivity contribution is 6.03. The minimum atomic E-state index is -0.190. The number of aromatic amines is 1. The standard InChI is InChI=1S/C14H15N7O/c22-13(18-9-1-3-15-7-9)12-11-10(2-4-17-11)19-14(20-12)21-6-5-16-8-21/h2,4-6,8-9,15,17H,1,3,7H2,(H,18,22). The lowest BCUT2D eigenvalue weighted by atomic mass is 10.2. The number of hydrogen-bond donors (Lipinski definition) is 3. The molecule has 4 rings (SSSR count). The summed E-state index contributed by atoms with van der Waals surface area (Å²) in [6.45, 7) is 1.71. The zero-order valence-electron chi connectivity index (χ0n) is 11.8. The first-order valence-electron chi connectivity index (χ1n) is 7.16. The summed E-state index contributed by atoms with van der Waals surface area (Å²) in [4.78, 5) is 28.4. The van der Waals surface area contributed by atoms with Crippen LogP contribution in [0.15, 0.2) is 31.0 Å². The highest BCUT2D eigenvalue weighted by Crippen LogP contribution is 2.16. The summed E-state index contributed by atoms with van der Waals surface area (Å²) in [6.07, 6.45) is 7.69. The summed E-state index contributed by atoms with van der Waals surface area (Å²) < 4.78 is 1.68. The summed E-state index contributed by atoms with van der Waals surface area (Å²) in [7, 11) is 0. The lowest BCUT2D eigenvalue weighted by Gasteiger charge is -2.12. The lowest BCUT2D eigenvalue weighted by Crippen LogP contribution is -2.37. The maximum absolute atomic E-state index is 12.6. The molecule has 3 N–H and O–H groups in total. The zero-order valence-corrected chi connectivity index (χ0v) is 11.8. The van der Waals surface area contributed by atoms with Crippen molar-refractivity contribution in [3.63, 3.8) is 0 Å². The molecule has 22 heavy (non-hydrogen) atoms. The molecule has 0 saturated carbocycles. The Bertz CT molecular complexity index is 802. The normalized spacial score (nSPS) is 17.9. The Balaban J connectivity index is 1.74. The Labute approximate surface area is 126 Å². The van der Waals surface area contributed by atoms with Crippen LogP contribution in [0.25, 0.3) is 17.0 Å². The van der Waals surface area contributed by atoms with Crippen LogP contribution < -0.4 is 10.6 Å². The predicted molar refractivity (Wildman–Crippen MR) is 79.8 cm³/mol. The maximum atomic E-state index is 12.6. The fourth-order valence-electron chi connectivity index (χ4n) is 2.62. The third-order valence-electron chi connectivity index (χ3n) is 3.74. The van der Waals surface area contributed by atoms with Gasteiger partial charge in [-0.25, -0.2) is 15.0 Å².